The fourth-order valence-electron chi connectivity index (χ4n) is 3.82. The van der Waals surface area contributed by atoms with Crippen molar-refractivity contribution in [1.29, 1.82) is 0 Å². The van der Waals surface area contributed by atoms with Gasteiger partial charge in [-0.25, -0.2) is 0 Å². The van der Waals surface area contributed by atoms with Crippen LogP contribution in [-0.2, 0) is 10.1 Å². The molecule has 3 aromatic carbocycles. The molecule has 0 bridgehead atoms. The van der Waals surface area contributed by atoms with Crippen molar-refractivity contribution >= 4 is 34.9 Å². The fraction of sp³-hybridized carbons (Fsp3) is 0.357. The Labute approximate surface area is 191 Å². The van der Waals surface area contributed by atoms with E-state index < -0.39 is 11.2 Å². The normalized spacial score (nSPS) is 13.1. The molecule has 0 aliphatic carbocycles. The maximum Gasteiger partial charge on any atom is 0.310 e. The lowest BCUT2D eigenvalue weighted by Crippen LogP contribution is -2.49. The van der Waals surface area contributed by atoms with Crippen molar-refractivity contribution in [3.05, 3.63) is 66.2 Å². The molecule has 1 heterocycles. The van der Waals surface area contributed by atoms with Gasteiger partial charge in [0.2, 0.25) is 0 Å². The van der Waals surface area contributed by atoms with Crippen LogP contribution in [0.4, 0.5) is 0 Å². The summed E-state index contributed by atoms with van der Waals surface area (Å²) in [4.78, 5) is 0. The molecule has 0 fully saturated rings. The molecule has 32 heavy (non-hydrogen) atoms. The first kappa shape index (κ1) is 22.6. The Morgan fingerprint density at radius 3 is 2.06 bits per heavy atom. The molecule has 0 saturated heterocycles. The molecule has 0 amide bonds. The molecule has 0 atom stereocenters. The number of hydrogen-bond acceptors (Lipinski definition) is 3. The second-order valence-electron chi connectivity index (χ2n) is 10.8. The van der Waals surface area contributed by atoms with Crippen molar-refractivity contribution in [3.8, 4) is 11.1 Å². The van der Waals surface area contributed by atoms with Crippen LogP contribution in [0.2, 0.25) is 0 Å². The molecule has 4 rings (SSSR count). The van der Waals surface area contributed by atoms with Crippen LogP contribution in [0.1, 0.15) is 54.0 Å². The average molecular weight is 428 g/mol. The molecule has 4 heteroatoms. The van der Waals surface area contributed by atoms with E-state index in [1.807, 2.05) is 32.0 Å². The minimum Gasteiger partial charge on any atom is -0.456 e. The molecule has 1 N–H and O–H groups in total. The van der Waals surface area contributed by atoms with Gasteiger partial charge in [0.25, 0.3) is 0 Å². The van der Waals surface area contributed by atoms with Gasteiger partial charge in [-0.05, 0) is 67.4 Å². The molecule has 3 nitrogen and oxygen atoms in total. The molecule has 0 spiro atoms. The quantitative estimate of drug-likeness (QED) is 0.391. The Hall–Kier alpha value is -2.56. The van der Waals surface area contributed by atoms with Gasteiger partial charge < -0.3 is 14.2 Å². The predicted molar refractivity (Wildman–Crippen MR) is 136 cm³/mol. The Bertz CT molecular complexity index is 1250. The maximum atomic E-state index is 10.5. The van der Waals surface area contributed by atoms with E-state index in [2.05, 4.69) is 63.2 Å². The number of furan rings is 1. The van der Waals surface area contributed by atoms with Gasteiger partial charge in [-0.15, -0.1) is 0 Å². The van der Waals surface area contributed by atoms with E-state index in [4.69, 9.17) is 9.07 Å². The zero-order valence-corrected chi connectivity index (χ0v) is 20.2. The summed E-state index contributed by atoms with van der Waals surface area (Å²) in [7, 11) is 0.380. The number of benzene rings is 3. The van der Waals surface area contributed by atoms with Crippen LogP contribution < -0.4 is 5.46 Å². The summed E-state index contributed by atoms with van der Waals surface area (Å²) in [5, 5.41) is 12.7. The van der Waals surface area contributed by atoms with Crippen molar-refractivity contribution in [2.45, 2.75) is 65.1 Å². The second kappa shape index (κ2) is 7.79. The summed E-state index contributed by atoms with van der Waals surface area (Å²) < 4.78 is 12.5. The van der Waals surface area contributed by atoms with E-state index >= 15 is 0 Å². The van der Waals surface area contributed by atoms with Crippen LogP contribution in [0.25, 0.3) is 33.1 Å². The monoisotopic (exact) mass is 428 g/mol. The molecule has 0 radical (unpaired) electrons. The standard InChI is InChI=1S/C28H33BO3/c1-26(2,3)20-14-12-18(13-15-20)19-16-22(29-32-28(6,7)27(4,5)30)25-21-10-8-9-11-23(21)31-24(25)17-19/h8-17,29-30H,1-7H3. The molecular weight excluding hydrogens is 395 g/mol. The van der Waals surface area contributed by atoms with Crippen molar-refractivity contribution in [1.82, 2.24) is 0 Å². The first-order chi connectivity index (χ1) is 14.9. The third-order valence-electron chi connectivity index (χ3n) is 6.71. The minimum atomic E-state index is -0.967. The van der Waals surface area contributed by atoms with E-state index in [1.165, 1.54) is 5.56 Å². The summed E-state index contributed by atoms with van der Waals surface area (Å²) in [5.74, 6) is 0. The first-order valence-electron chi connectivity index (χ1n) is 11.3. The molecular formula is C28H33BO3. The zero-order valence-electron chi connectivity index (χ0n) is 20.2. The van der Waals surface area contributed by atoms with Gasteiger partial charge in [0.1, 0.15) is 11.2 Å². The summed E-state index contributed by atoms with van der Waals surface area (Å²) >= 11 is 0. The van der Waals surface area contributed by atoms with Crippen LogP contribution in [0.15, 0.2) is 65.1 Å². The van der Waals surface area contributed by atoms with E-state index in [9.17, 15) is 5.11 Å². The van der Waals surface area contributed by atoms with Crippen LogP contribution in [0.3, 0.4) is 0 Å². The highest BCUT2D eigenvalue weighted by atomic mass is 16.5. The Balaban J connectivity index is 1.83. The molecule has 0 unspecified atom stereocenters. The topological polar surface area (TPSA) is 42.6 Å². The highest BCUT2D eigenvalue weighted by Gasteiger charge is 2.36. The van der Waals surface area contributed by atoms with Crippen LogP contribution >= 0.6 is 0 Å². The SMILES string of the molecule is CC(C)(C)c1ccc(-c2cc(BOC(C)(C)C(C)(C)O)c3c(c2)oc2ccccc23)cc1. The fourth-order valence-corrected chi connectivity index (χ4v) is 3.82. The summed E-state index contributed by atoms with van der Waals surface area (Å²) in [6.45, 7) is 14.1. The summed E-state index contributed by atoms with van der Waals surface area (Å²) in [6.07, 6.45) is 0. The Kier molecular flexibility index (Phi) is 5.51. The molecule has 0 saturated carbocycles. The highest BCUT2D eigenvalue weighted by molar-refractivity contribution is 6.53. The number of rotatable bonds is 5. The largest absolute Gasteiger partial charge is 0.456 e. The van der Waals surface area contributed by atoms with Crippen molar-refractivity contribution in [2.75, 3.05) is 0 Å². The molecule has 166 valence electrons. The molecule has 4 aromatic rings. The van der Waals surface area contributed by atoms with Crippen LogP contribution in [0.5, 0.6) is 0 Å². The zero-order chi connectivity index (χ0) is 23.3. The van der Waals surface area contributed by atoms with Gasteiger partial charge in [0, 0.05) is 10.8 Å². The van der Waals surface area contributed by atoms with E-state index in [0.29, 0.717) is 7.48 Å². The average Bonchev–Trinajstić information content (AvgIpc) is 3.09. The van der Waals surface area contributed by atoms with Gasteiger partial charge >= 0.3 is 7.48 Å². The minimum absolute atomic E-state index is 0.114. The number of fused-ring (bicyclic) bond motifs is 3. The van der Waals surface area contributed by atoms with Gasteiger partial charge in [-0.3, -0.25) is 0 Å². The highest BCUT2D eigenvalue weighted by Crippen LogP contribution is 2.33. The lowest BCUT2D eigenvalue weighted by atomic mass is 9.79. The Morgan fingerprint density at radius 2 is 1.44 bits per heavy atom. The van der Waals surface area contributed by atoms with Gasteiger partial charge in [0.15, 0.2) is 0 Å². The molecule has 1 aromatic heterocycles. The molecule has 0 aliphatic heterocycles. The van der Waals surface area contributed by atoms with Crippen molar-refractivity contribution in [3.63, 3.8) is 0 Å². The predicted octanol–water partition coefficient (Wildman–Crippen LogP) is 6.09. The van der Waals surface area contributed by atoms with Crippen LogP contribution in [-0.4, -0.2) is 23.8 Å². The smallest absolute Gasteiger partial charge is 0.310 e. The first-order valence-corrected chi connectivity index (χ1v) is 11.3. The van der Waals surface area contributed by atoms with Gasteiger partial charge in [-0.1, -0.05) is 69.3 Å². The third kappa shape index (κ3) is 4.22. The van der Waals surface area contributed by atoms with E-state index in [0.717, 1.165) is 38.5 Å². The lowest BCUT2D eigenvalue weighted by molar-refractivity contribution is -0.0893. The van der Waals surface area contributed by atoms with Crippen molar-refractivity contribution < 1.29 is 14.2 Å². The Morgan fingerprint density at radius 1 is 0.781 bits per heavy atom. The second-order valence-corrected chi connectivity index (χ2v) is 10.8. The molecule has 0 aliphatic rings. The summed E-state index contributed by atoms with van der Waals surface area (Å²) in [6, 6.07) is 21.2. The number of aliphatic hydroxyl groups is 1. The van der Waals surface area contributed by atoms with E-state index in [-0.39, 0.29) is 5.41 Å². The van der Waals surface area contributed by atoms with Gasteiger partial charge in [-0.2, -0.15) is 0 Å². The van der Waals surface area contributed by atoms with Gasteiger partial charge in [0.05, 0.1) is 11.2 Å². The third-order valence-corrected chi connectivity index (χ3v) is 6.71. The number of hydrogen-bond donors (Lipinski definition) is 1. The van der Waals surface area contributed by atoms with Crippen LogP contribution in [0, 0.1) is 0 Å². The van der Waals surface area contributed by atoms with E-state index in [1.54, 1.807) is 13.8 Å². The maximum absolute atomic E-state index is 10.5. The summed E-state index contributed by atoms with van der Waals surface area (Å²) in [5.41, 5.74) is 4.76. The lowest BCUT2D eigenvalue weighted by Gasteiger charge is -2.37. The van der Waals surface area contributed by atoms with Crippen molar-refractivity contribution in [2.24, 2.45) is 0 Å². The number of para-hydroxylation sites is 1.